The monoisotopic (exact) mass is 427 g/mol. The van der Waals surface area contributed by atoms with Gasteiger partial charge in [-0.1, -0.05) is 38.1 Å². The van der Waals surface area contributed by atoms with Crippen molar-refractivity contribution in [2.45, 2.75) is 33.7 Å². The van der Waals surface area contributed by atoms with Crippen LogP contribution in [0.4, 0.5) is 0 Å². The number of amides is 1. The van der Waals surface area contributed by atoms with Gasteiger partial charge in [-0.05, 0) is 67.3 Å². The second-order valence-electron chi connectivity index (χ2n) is 8.29. The lowest BCUT2D eigenvalue weighted by molar-refractivity contribution is 0.0955. The average Bonchev–Trinajstić information content (AvgIpc) is 3.12. The molecule has 0 saturated heterocycles. The number of nitrogens with one attached hydrogen (secondary N) is 1. The number of fused-ring (bicyclic) bond motifs is 3. The Hall–Kier alpha value is -3.60. The SMILES string of the molecule is CCn1c2ccccc2c2cc(C=NNC(=O)c3ccc(OCCC(C)C)cc3)ccc21. The number of aryl methyl sites for hydroxylation is 1. The Morgan fingerprint density at radius 3 is 2.53 bits per heavy atom. The summed E-state index contributed by atoms with van der Waals surface area (Å²) in [6, 6.07) is 21.8. The number of benzene rings is 3. The first kappa shape index (κ1) is 21.6. The molecular formula is C27H29N3O2. The smallest absolute Gasteiger partial charge is 0.271 e. The standard InChI is InChI=1S/C27H29N3O2/c1-4-30-25-8-6-5-7-23(25)24-17-20(9-14-26(24)30)18-28-29-27(31)21-10-12-22(13-11-21)32-16-15-19(2)3/h5-14,17-19H,4,15-16H2,1-3H3,(H,29,31). The van der Waals surface area contributed by atoms with Gasteiger partial charge in [0, 0.05) is 33.9 Å². The molecule has 5 nitrogen and oxygen atoms in total. The number of para-hydroxylation sites is 1. The fraction of sp³-hybridized carbons (Fsp3) is 0.259. The van der Waals surface area contributed by atoms with Crippen LogP contribution in [0.15, 0.2) is 71.8 Å². The summed E-state index contributed by atoms with van der Waals surface area (Å²) in [7, 11) is 0. The van der Waals surface area contributed by atoms with Gasteiger partial charge in [0.25, 0.3) is 5.91 Å². The van der Waals surface area contributed by atoms with Crippen molar-refractivity contribution in [3.63, 3.8) is 0 Å². The number of carbonyl (C=O) groups excluding carboxylic acids is 1. The quantitative estimate of drug-likeness (QED) is 0.277. The van der Waals surface area contributed by atoms with E-state index in [0.29, 0.717) is 18.1 Å². The Morgan fingerprint density at radius 1 is 1.03 bits per heavy atom. The molecule has 32 heavy (non-hydrogen) atoms. The van der Waals surface area contributed by atoms with E-state index in [4.69, 9.17) is 4.74 Å². The molecule has 0 unspecified atom stereocenters. The zero-order chi connectivity index (χ0) is 22.5. The van der Waals surface area contributed by atoms with Gasteiger partial charge in [0.1, 0.15) is 5.75 Å². The molecule has 0 spiro atoms. The van der Waals surface area contributed by atoms with Gasteiger partial charge >= 0.3 is 0 Å². The molecule has 0 aliphatic carbocycles. The van der Waals surface area contributed by atoms with Crippen LogP contribution in [0.2, 0.25) is 0 Å². The average molecular weight is 428 g/mol. The van der Waals surface area contributed by atoms with Crippen molar-refractivity contribution in [3.05, 3.63) is 77.9 Å². The Bertz CT molecular complexity index is 1250. The van der Waals surface area contributed by atoms with Crippen molar-refractivity contribution in [1.29, 1.82) is 0 Å². The summed E-state index contributed by atoms with van der Waals surface area (Å²) in [5, 5.41) is 6.57. The van der Waals surface area contributed by atoms with Gasteiger partial charge in [-0.3, -0.25) is 4.79 Å². The van der Waals surface area contributed by atoms with Crippen LogP contribution in [0, 0.1) is 5.92 Å². The first-order valence-corrected chi connectivity index (χ1v) is 11.1. The second kappa shape index (κ2) is 9.69. The van der Waals surface area contributed by atoms with E-state index in [2.05, 4.69) is 72.3 Å². The fourth-order valence-corrected chi connectivity index (χ4v) is 3.84. The van der Waals surface area contributed by atoms with E-state index in [1.807, 2.05) is 18.2 Å². The highest BCUT2D eigenvalue weighted by molar-refractivity contribution is 6.09. The molecule has 0 aliphatic heterocycles. The first-order chi connectivity index (χ1) is 15.6. The lowest BCUT2D eigenvalue weighted by Crippen LogP contribution is -2.17. The van der Waals surface area contributed by atoms with Crippen LogP contribution >= 0.6 is 0 Å². The highest BCUT2D eigenvalue weighted by Gasteiger charge is 2.09. The van der Waals surface area contributed by atoms with Gasteiger partial charge in [-0.2, -0.15) is 5.10 Å². The van der Waals surface area contributed by atoms with Gasteiger partial charge in [0.2, 0.25) is 0 Å². The number of rotatable bonds is 8. The molecule has 0 aliphatic rings. The molecule has 4 rings (SSSR count). The summed E-state index contributed by atoms with van der Waals surface area (Å²) >= 11 is 0. The van der Waals surface area contributed by atoms with Crippen molar-refractivity contribution in [3.8, 4) is 5.75 Å². The molecule has 4 aromatic rings. The Morgan fingerprint density at radius 2 is 1.78 bits per heavy atom. The number of hydrazone groups is 1. The van der Waals surface area contributed by atoms with E-state index < -0.39 is 0 Å². The predicted molar refractivity (Wildman–Crippen MR) is 132 cm³/mol. The van der Waals surface area contributed by atoms with Crippen LogP contribution < -0.4 is 10.2 Å². The Kier molecular flexibility index (Phi) is 6.55. The van der Waals surface area contributed by atoms with Crippen LogP contribution in [0.3, 0.4) is 0 Å². The third-order valence-corrected chi connectivity index (χ3v) is 5.57. The van der Waals surface area contributed by atoms with Crippen molar-refractivity contribution >= 4 is 33.9 Å². The number of hydrogen-bond donors (Lipinski definition) is 1. The van der Waals surface area contributed by atoms with Gasteiger partial charge in [-0.15, -0.1) is 0 Å². The largest absolute Gasteiger partial charge is 0.494 e. The molecule has 164 valence electrons. The van der Waals surface area contributed by atoms with Crippen molar-refractivity contribution in [1.82, 2.24) is 9.99 Å². The van der Waals surface area contributed by atoms with Gasteiger partial charge < -0.3 is 9.30 Å². The molecule has 1 N–H and O–H groups in total. The summed E-state index contributed by atoms with van der Waals surface area (Å²) in [5.74, 6) is 1.12. The van der Waals surface area contributed by atoms with Crippen LogP contribution in [-0.2, 0) is 6.54 Å². The van der Waals surface area contributed by atoms with Crippen LogP contribution in [-0.4, -0.2) is 23.3 Å². The summed E-state index contributed by atoms with van der Waals surface area (Å²) in [6.45, 7) is 8.07. The maximum atomic E-state index is 12.4. The highest BCUT2D eigenvalue weighted by atomic mass is 16.5. The third-order valence-electron chi connectivity index (χ3n) is 5.57. The van der Waals surface area contributed by atoms with Crippen molar-refractivity contribution in [2.24, 2.45) is 11.0 Å². The van der Waals surface area contributed by atoms with E-state index in [-0.39, 0.29) is 5.91 Å². The number of aromatic nitrogens is 1. The van der Waals surface area contributed by atoms with E-state index in [9.17, 15) is 4.79 Å². The molecule has 0 saturated carbocycles. The van der Waals surface area contributed by atoms with Crippen LogP contribution in [0.25, 0.3) is 21.8 Å². The number of carbonyl (C=O) groups is 1. The Labute approximate surface area is 188 Å². The minimum atomic E-state index is -0.251. The normalized spacial score (nSPS) is 11.6. The molecule has 5 heteroatoms. The van der Waals surface area contributed by atoms with E-state index >= 15 is 0 Å². The number of hydrogen-bond acceptors (Lipinski definition) is 3. The number of nitrogens with zero attached hydrogens (tertiary/aromatic N) is 2. The van der Waals surface area contributed by atoms with Crippen molar-refractivity contribution < 1.29 is 9.53 Å². The Balaban J connectivity index is 1.43. The van der Waals surface area contributed by atoms with Gasteiger partial charge in [0.15, 0.2) is 0 Å². The molecule has 0 atom stereocenters. The third kappa shape index (κ3) is 4.67. The first-order valence-electron chi connectivity index (χ1n) is 11.1. The second-order valence-corrected chi connectivity index (χ2v) is 8.29. The summed E-state index contributed by atoms with van der Waals surface area (Å²) in [4.78, 5) is 12.4. The predicted octanol–water partition coefficient (Wildman–Crippen LogP) is 6.00. The highest BCUT2D eigenvalue weighted by Crippen LogP contribution is 2.29. The molecule has 3 aromatic carbocycles. The molecular weight excluding hydrogens is 398 g/mol. The molecule has 1 amide bonds. The molecule has 0 fully saturated rings. The molecule has 1 heterocycles. The molecule has 1 aromatic heterocycles. The minimum Gasteiger partial charge on any atom is -0.494 e. The zero-order valence-electron chi connectivity index (χ0n) is 18.8. The molecule has 0 bridgehead atoms. The number of ether oxygens (including phenoxy) is 1. The summed E-state index contributed by atoms with van der Waals surface area (Å²) < 4.78 is 8.01. The summed E-state index contributed by atoms with van der Waals surface area (Å²) in [5.41, 5.74) is 6.51. The topological polar surface area (TPSA) is 55.6 Å². The van der Waals surface area contributed by atoms with E-state index in [0.717, 1.165) is 24.3 Å². The maximum absolute atomic E-state index is 12.4. The minimum absolute atomic E-state index is 0.251. The van der Waals surface area contributed by atoms with Crippen LogP contribution in [0.5, 0.6) is 5.75 Å². The van der Waals surface area contributed by atoms with Crippen LogP contribution in [0.1, 0.15) is 43.1 Å². The van der Waals surface area contributed by atoms with E-state index in [1.54, 1.807) is 18.3 Å². The van der Waals surface area contributed by atoms with E-state index in [1.165, 1.54) is 21.8 Å². The fourth-order valence-electron chi connectivity index (χ4n) is 3.84. The van der Waals surface area contributed by atoms with Gasteiger partial charge in [0.05, 0.1) is 12.8 Å². The van der Waals surface area contributed by atoms with Crippen molar-refractivity contribution in [2.75, 3.05) is 6.61 Å². The maximum Gasteiger partial charge on any atom is 0.271 e. The lowest BCUT2D eigenvalue weighted by Gasteiger charge is -2.08. The van der Waals surface area contributed by atoms with Gasteiger partial charge in [-0.25, -0.2) is 5.43 Å². The summed E-state index contributed by atoms with van der Waals surface area (Å²) in [6.07, 6.45) is 2.68. The molecule has 0 radical (unpaired) electrons. The zero-order valence-corrected chi connectivity index (χ0v) is 18.8. The lowest BCUT2D eigenvalue weighted by atomic mass is 10.1.